The van der Waals surface area contributed by atoms with Gasteiger partial charge < -0.3 is 20.4 Å². The molecule has 0 spiro atoms. The van der Waals surface area contributed by atoms with Crippen LogP contribution in [0.5, 0.6) is 5.75 Å². The highest BCUT2D eigenvalue weighted by molar-refractivity contribution is 6.06. The maximum Gasteiger partial charge on any atom is 0.262 e. The zero-order chi connectivity index (χ0) is 15.8. The summed E-state index contributed by atoms with van der Waals surface area (Å²) in [5.41, 5.74) is 2.68. The summed E-state index contributed by atoms with van der Waals surface area (Å²) in [6, 6.07) is 12.5. The first kappa shape index (κ1) is 13.4. The van der Waals surface area contributed by atoms with Crippen LogP contribution in [0, 0.1) is 0 Å². The third kappa shape index (κ3) is 2.50. The fraction of sp³-hybridized carbons (Fsp3) is 0.0588. The van der Waals surface area contributed by atoms with Crippen LogP contribution < -0.4 is 15.4 Å². The summed E-state index contributed by atoms with van der Waals surface area (Å²) in [5.74, 6) is 0.150. The molecule has 1 aromatic heterocycles. The molecule has 0 atom stereocenters. The highest BCUT2D eigenvalue weighted by Crippen LogP contribution is 2.30. The molecule has 4 rings (SSSR count). The molecule has 2 amide bonds. The lowest BCUT2D eigenvalue weighted by atomic mass is 10.1. The Morgan fingerprint density at radius 2 is 2.04 bits per heavy atom. The molecule has 1 aliphatic rings. The number of fused-ring (bicyclic) bond motifs is 2. The van der Waals surface area contributed by atoms with Gasteiger partial charge in [-0.15, -0.1) is 0 Å². The predicted molar refractivity (Wildman–Crippen MR) is 86.8 cm³/mol. The van der Waals surface area contributed by atoms with Gasteiger partial charge in [-0.25, -0.2) is 0 Å². The lowest BCUT2D eigenvalue weighted by molar-refractivity contribution is -0.118. The Labute approximate surface area is 131 Å². The summed E-state index contributed by atoms with van der Waals surface area (Å²) in [6.45, 7) is -0.0199. The van der Waals surface area contributed by atoms with Gasteiger partial charge in [-0.2, -0.15) is 0 Å². The second kappa shape index (κ2) is 5.17. The Kier molecular flexibility index (Phi) is 3.01. The molecule has 1 aliphatic heterocycles. The molecular weight excluding hydrogens is 294 g/mol. The maximum absolute atomic E-state index is 12.4. The molecule has 3 aromatic rings. The number of nitrogens with one attached hydrogen (secondary N) is 3. The topological polar surface area (TPSA) is 83.2 Å². The monoisotopic (exact) mass is 307 g/mol. The minimum atomic E-state index is -0.207. The number of anilines is 2. The maximum atomic E-state index is 12.4. The number of H-pyrrole nitrogens is 1. The molecule has 6 heteroatoms. The second-order valence-electron chi connectivity index (χ2n) is 5.28. The van der Waals surface area contributed by atoms with Crippen LogP contribution in [-0.2, 0) is 4.79 Å². The molecule has 23 heavy (non-hydrogen) atoms. The number of amides is 2. The van der Waals surface area contributed by atoms with Crippen molar-refractivity contribution in [2.45, 2.75) is 0 Å². The van der Waals surface area contributed by atoms with E-state index in [0.29, 0.717) is 22.7 Å². The number of hydrogen-bond donors (Lipinski definition) is 3. The zero-order valence-electron chi connectivity index (χ0n) is 12.1. The molecule has 2 heterocycles. The van der Waals surface area contributed by atoms with Gasteiger partial charge in [0.15, 0.2) is 6.61 Å². The quantitative estimate of drug-likeness (QED) is 0.680. The van der Waals surface area contributed by atoms with Gasteiger partial charge in [-0.3, -0.25) is 9.59 Å². The smallest absolute Gasteiger partial charge is 0.262 e. The summed E-state index contributed by atoms with van der Waals surface area (Å²) in [6.07, 6.45) is 1.83. The first-order valence-corrected chi connectivity index (χ1v) is 7.14. The number of rotatable bonds is 2. The number of ether oxygens (including phenoxy) is 1. The van der Waals surface area contributed by atoms with E-state index in [0.717, 1.165) is 10.9 Å². The van der Waals surface area contributed by atoms with E-state index < -0.39 is 0 Å². The minimum absolute atomic E-state index is 0.0199. The Morgan fingerprint density at radius 1 is 1.13 bits per heavy atom. The van der Waals surface area contributed by atoms with E-state index in [1.54, 1.807) is 30.3 Å². The summed E-state index contributed by atoms with van der Waals surface area (Å²) in [7, 11) is 0. The summed E-state index contributed by atoms with van der Waals surface area (Å²) in [4.78, 5) is 26.7. The molecule has 0 saturated carbocycles. The average Bonchev–Trinajstić information content (AvgIpc) is 3.02. The fourth-order valence-corrected chi connectivity index (χ4v) is 2.54. The Hall–Kier alpha value is -3.28. The number of carbonyl (C=O) groups is 2. The van der Waals surface area contributed by atoms with E-state index >= 15 is 0 Å². The standard InChI is InChI=1S/C17H13N3O3/c21-16-9-23-15-8-12(3-4-13(15)20-16)19-17(22)11-2-1-10-5-6-18-14(10)7-11/h1-8,18H,9H2,(H,19,22)(H,20,21). The van der Waals surface area contributed by atoms with Gasteiger partial charge in [0.05, 0.1) is 5.69 Å². The van der Waals surface area contributed by atoms with Gasteiger partial charge in [-0.05, 0) is 35.7 Å². The van der Waals surface area contributed by atoms with Crippen molar-refractivity contribution >= 4 is 34.1 Å². The highest BCUT2D eigenvalue weighted by Gasteiger charge is 2.16. The molecule has 3 N–H and O–H groups in total. The fourth-order valence-electron chi connectivity index (χ4n) is 2.54. The van der Waals surface area contributed by atoms with Crippen molar-refractivity contribution in [3.63, 3.8) is 0 Å². The highest BCUT2D eigenvalue weighted by atomic mass is 16.5. The van der Waals surface area contributed by atoms with E-state index in [1.165, 1.54) is 0 Å². The van der Waals surface area contributed by atoms with Crippen LogP contribution in [0.25, 0.3) is 10.9 Å². The molecule has 0 fully saturated rings. The van der Waals surface area contributed by atoms with Crippen LogP contribution in [0.15, 0.2) is 48.7 Å². The van der Waals surface area contributed by atoms with Crippen LogP contribution >= 0.6 is 0 Å². The summed E-state index contributed by atoms with van der Waals surface area (Å²) < 4.78 is 5.34. The van der Waals surface area contributed by atoms with Gasteiger partial charge >= 0.3 is 0 Å². The number of aromatic amines is 1. The number of hydrogen-bond acceptors (Lipinski definition) is 3. The van der Waals surface area contributed by atoms with Crippen LogP contribution in [0.1, 0.15) is 10.4 Å². The van der Waals surface area contributed by atoms with Gasteiger partial charge in [0.1, 0.15) is 5.75 Å². The van der Waals surface area contributed by atoms with Gasteiger partial charge in [-0.1, -0.05) is 6.07 Å². The zero-order valence-corrected chi connectivity index (χ0v) is 12.1. The van der Waals surface area contributed by atoms with Gasteiger partial charge in [0.25, 0.3) is 11.8 Å². The van der Waals surface area contributed by atoms with Crippen LogP contribution in [0.2, 0.25) is 0 Å². The number of carbonyl (C=O) groups excluding carboxylic acids is 2. The van der Waals surface area contributed by atoms with Crippen molar-refractivity contribution in [3.8, 4) is 5.75 Å². The molecule has 0 unspecified atom stereocenters. The van der Waals surface area contributed by atoms with Crippen LogP contribution in [0.3, 0.4) is 0 Å². The van der Waals surface area contributed by atoms with Gasteiger partial charge in [0, 0.05) is 29.0 Å². The summed E-state index contributed by atoms with van der Waals surface area (Å²) in [5, 5.41) is 6.59. The molecule has 6 nitrogen and oxygen atoms in total. The van der Waals surface area contributed by atoms with E-state index in [2.05, 4.69) is 15.6 Å². The van der Waals surface area contributed by atoms with Crippen molar-refractivity contribution < 1.29 is 14.3 Å². The van der Waals surface area contributed by atoms with E-state index in [-0.39, 0.29) is 18.4 Å². The Bertz CT molecular complexity index is 930. The second-order valence-corrected chi connectivity index (χ2v) is 5.28. The third-order valence-electron chi connectivity index (χ3n) is 3.69. The first-order chi connectivity index (χ1) is 11.2. The van der Waals surface area contributed by atoms with Crippen LogP contribution in [0.4, 0.5) is 11.4 Å². The molecule has 0 saturated heterocycles. The third-order valence-corrected chi connectivity index (χ3v) is 3.69. The molecule has 0 bridgehead atoms. The SMILES string of the molecule is O=C1COc2cc(NC(=O)c3ccc4cc[nH]c4c3)ccc2N1. The van der Waals surface area contributed by atoms with Gasteiger partial charge in [0.2, 0.25) is 0 Å². The van der Waals surface area contributed by atoms with Crippen molar-refractivity contribution in [2.24, 2.45) is 0 Å². The minimum Gasteiger partial charge on any atom is -0.482 e. The first-order valence-electron chi connectivity index (χ1n) is 7.14. The normalized spacial score (nSPS) is 13.1. The lowest BCUT2D eigenvalue weighted by Crippen LogP contribution is -2.25. The largest absolute Gasteiger partial charge is 0.482 e. The summed E-state index contributed by atoms with van der Waals surface area (Å²) >= 11 is 0. The molecule has 0 aliphatic carbocycles. The molecule has 114 valence electrons. The van der Waals surface area contributed by atoms with Crippen molar-refractivity contribution in [1.82, 2.24) is 4.98 Å². The van der Waals surface area contributed by atoms with Crippen molar-refractivity contribution in [2.75, 3.05) is 17.2 Å². The van der Waals surface area contributed by atoms with Crippen LogP contribution in [-0.4, -0.2) is 23.4 Å². The van der Waals surface area contributed by atoms with Crippen molar-refractivity contribution in [3.05, 3.63) is 54.2 Å². The Balaban J connectivity index is 1.57. The lowest BCUT2D eigenvalue weighted by Gasteiger charge is -2.18. The number of benzene rings is 2. The Morgan fingerprint density at radius 3 is 2.96 bits per heavy atom. The van der Waals surface area contributed by atoms with E-state index in [9.17, 15) is 9.59 Å². The molecular formula is C17H13N3O3. The molecule has 0 radical (unpaired) electrons. The average molecular weight is 307 g/mol. The van der Waals surface area contributed by atoms with E-state index in [4.69, 9.17) is 4.74 Å². The van der Waals surface area contributed by atoms with E-state index in [1.807, 2.05) is 18.3 Å². The number of aromatic nitrogens is 1. The predicted octanol–water partition coefficient (Wildman–Crippen LogP) is 2.75. The van der Waals surface area contributed by atoms with Crippen molar-refractivity contribution in [1.29, 1.82) is 0 Å². The molecule has 2 aromatic carbocycles.